The molecule has 1 unspecified atom stereocenters. The van der Waals surface area contributed by atoms with E-state index in [1.807, 2.05) is 38.1 Å². The van der Waals surface area contributed by atoms with Crippen LogP contribution in [-0.2, 0) is 17.8 Å². The van der Waals surface area contributed by atoms with E-state index in [0.29, 0.717) is 63.5 Å². The average Bonchev–Trinajstić information content (AvgIpc) is 2.91. The molecule has 3 aromatic carbocycles. The van der Waals surface area contributed by atoms with Crippen LogP contribution in [0.3, 0.4) is 0 Å². The normalized spacial score (nSPS) is 11.9. The van der Waals surface area contributed by atoms with Crippen molar-refractivity contribution in [3.8, 4) is 5.75 Å². The number of halogens is 3. The Morgan fingerprint density at radius 1 is 1.00 bits per heavy atom. The molecule has 198 valence electrons. The second-order valence-electron chi connectivity index (χ2n) is 8.78. The molecule has 0 radical (unpaired) electrons. The Morgan fingerprint density at radius 3 is 2.39 bits per heavy atom. The summed E-state index contributed by atoms with van der Waals surface area (Å²) in [6, 6.07) is 18.9. The second kappa shape index (κ2) is 12.7. The summed E-state index contributed by atoms with van der Waals surface area (Å²) >= 11 is 18.5. The Morgan fingerprint density at radius 2 is 1.71 bits per heavy atom. The molecule has 6 nitrogen and oxygen atoms in total. The van der Waals surface area contributed by atoms with Crippen LogP contribution in [0.25, 0.3) is 10.9 Å². The molecule has 0 spiro atoms. The van der Waals surface area contributed by atoms with Gasteiger partial charge in [0.1, 0.15) is 11.6 Å². The van der Waals surface area contributed by atoms with E-state index in [9.17, 15) is 9.59 Å². The van der Waals surface area contributed by atoms with Gasteiger partial charge in [0.05, 0.1) is 16.9 Å². The van der Waals surface area contributed by atoms with E-state index in [4.69, 9.17) is 44.5 Å². The van der Waals surface area contributed by atoms with Gasteiger partial charge in [-0.25, -0.2) is 4.98 Å². The molecule has 1 aromatic heterocycles. The molecule has 0 saturated carbocycles. The third-order valence-electron chi connectivity index (χ3n) is 6.40. The van der Waals surface area contributed by atoms with Crippen LogP contribution in [0.15, 0.2) is 71.5 Å². The van der Waals surface area contributed by atoms with Crippen molar-refractivity contribution in [1.82, 2.24) is 14.5 Å². The lowest BCUT2D eigenvalue weighted by Crippen LogP contribution is -2.42. The number of para-hydroxylation sites is 1. The van der Waals surface area contributed by atoms with Crippen LogP contribution in [0.5, 0.6) is 5.75 Å². The van der Waals surface area contributed by atoms with Crippen molar-refractivity contribution in [3.63, 3.8) is 0 Å². The summed E-state index contributed by atoms with van der Waals surface area (Å²) in [5.74, 6) is 0.841. The maximum atomic E-state index is 13.7. The van der Waals surface area contributed by atoms with Gasteiger partial charge >= 0.3 is 0 Å². The third kappa shape index (κ3) is 6.32. The predicted octanol–water partition coefficient (Wildman–Crippen LogP) is 6.98. The molecule has 9 heteroatoms. The van der Waals surface area contributed by atoms with Crippen LogP contribution in [0.4, 0.5) is 0 Å². The van der Waals surface area contributed by atoms with Crippen LogP contribution in [0.1, 0.15) is 37.7 Å². The fourth-order valence-electron chi connectivity index (χ4n) is 4.47. The van der Waals surface area contributed by atoms with E-state index in [1.165, 1.54) is 0 Å². The summed E-state index contributed by atoms with van der Waals surface area (Å²) in [4.78, 5) is 33.6. The largest absolute Gasteiger partial charge is 0.484 e. The molecule has 1 amide bonds. The molecular formula is C29H28Cl3N3O3. The number of benzene rings is 3. The molecule has 4 rings (SSSR count). The SMILES string of the molecule is CCC(c1nc2ccccc2c(=O)n1CC)N(CCc1ccc(Cl)cc1Cl)C(=O)COc1ccc(Cl)cc1. The van der Waals surface area contributed by atoms with E-state index in [0.717, 1.165) is 5.56 Å². The summed E-state index contributed by atoms with van der Waals surface area (Å²) in [5, 5.41) is 2.20. The summed E-state index contributed by atoms with van der Waals surface area (Å²) in [6.45, 7) is 4.46. The Labute approximate surface area is 236 Å². The van der Waals surface area contributed by atoms with Crippen molar-refractivity contribution >= 4 is 51.6 Å². The number of carbonyl (C=O) groups excluding carboxylic acids is 1. The van der Waals surface area contributed by atoms with Gasteiger partial charge in [-0.15, -0.1) is 0 Å². The Bertz CT molecular complexity index is 1490. The highest BCUT2D eigenvalue weighted by Gasteiger charge is 2.28. The van der Waals surface area contributed by atoms with Gasteiger partial charge in [0.2, 0.25) is 0 Å². The molecule has 38 heavy (non-hydrogen) atoms. The maximum Gasteiger partial charge on any atom is 0.261 e. The molecule has 0 saturated heterocycles. The summed E-state index contributed by atoms with van der Waals surface area (Å²) < 4.78 is 7.44. The summed E-state index contributed by atoms with van der Waals surface area (Å²) in [6.07, 6.45) is 1.04. The van der Waals surface area contributed by atoms with Crippen molar-refractivity contribution in [2.45, 2.75) is 39.3 Å². The van der Waals surface area contributed by atoms with Gasteiger partial charge in [0.25, 0.3) is 11.5 Å². The van der Waals surface area contributed by atoms with Crippen molar-refractivity contribution in [2.75, 3.05) is 13.2 Å². The number of fused-ring (bicyclic) bond motifs is 1. The zero-order valence-electron chi connectivity index (χ0n) is 21.2. The van der Waals surface area contributed by atoms with Gasteiger partial charge < -0.3 is 9.64 Å². The molecule has 0 aliphatic carbocycles. The zero-order chi connectivity index (χ0) is 27.2. The van der Waals surface area contributed by atoms with E-state index < -0.39 is 6.04 Å². The first-order chi connectivity index (χ1) is 18.3. The number of nitrogens with zero attached hydrogens (tertiary/aromatic N) is 3. The first-order valence-corrected chi connectivity index (χ1v) is 13.6. The van der Waals surface area contributed by atoms with Gasteiger partial charge in [-0.05, 0) is 73.9 Å². The van der Waals surface area contributed by atoms with Gasteiger partial charge in [-0.1, -0.05) is 59.9 Å². The summed E-state index contributed by atoms with van der Waals surface area (Å²) in [5.41, 5.74) is 1.33. The third-order valence-corrected chi connectivity index (χ3v) is 7.24. The van der Waals surface area contributed by atoms with Crippen LogP contribution in [0.2, 0.25) is 15.1 Å². The molecule has 4 aromatic rings. The van der Waals surface area contributed by atoms with E-state index in [-0.39, 0.29) is 18.1 Å². The van der Waals surface area contributed by atoms with Crippen molar-refractivity contribution in [2.24, 2.45) is 0 Å². The summed E-state index contributed by atoms with van der Waals surface area (Å²) in [7, 11) is 0. The molecule has 0 N–H and O–H groups in total. The van der Waals surface area contributed by atoms with E-state index in [2.05, 4.69) is 0 Å². The smallest absolute Gasteiger partial charge is 0.261 e. The first kappa shape index (κ1) is 28.0. The topological polar surface area (TPSA) is 64.4 Å². The minimum absolute atomic E-state index is 0.128. The highest BCUT2D eigenvalue weighted by atomic mass is 35.5. The lowest BCUT2D eigenvalue weighted by Gasteiger charge is -2.32. The second-order valence-corrected chi connectivity index (χ2v) is 10.1. The molecule has 0 aliphatic heterocycles. The fourth-order valence-corrected chi connectivity index (χ4v) is 5.09. The number of ether oxygens (including phenoxy) is 1. The number of rotatable bonds is 10. The van der Waals surface area contributed by atoms with Crippen molar-refractivity contribution in [1.29, 1.82) is 0 Å². The maximum absolute atomic E-state index is 13.7. The van der Waals surface area contributed by atoms with Gasteiger partial charge in [0, 0.05) is 28.2 Å². The Kier molecular flexibility index (Phi) is 9.31. The number of aromatic nitrogens is 2. The quantitative estimate of drug-likeness (QED) is 0.206. The van der Waals surface area contributed by atoms with E-state index in [1.54, 1.807) is 51.9 Å². The Hall–Kier alpha value is -3.06. The monoisotopic (exact) mass is 571 g/mol. The van der Waals surface area contributed by atoms with Gasteiger partial charge in [-0.2, -0.15) is 0 Å². The van der Waals surface area contributed by atoms with Crippen molar-refractivity contribution in [3.05, 3.63) is 104 Å². The number of hydrogen-bond donors (Lipinski definition) is 0. The highest BCUT2D eigenvalue weighted by molar-refractivity contribution is 6.35. The number of hydrogen-bond acceptors (Lipinski definition) is 4. The molecule has 1 atom stereocenters. The molecule has 0 fully saturated rings. The van der Waals surface area contributed by atoms with Crippen LogP contribution < -0.4 is 10.3 Å². The van der Waals surface area contributed by atoms with Crippen LogP contribution in [0, 0.1) is 0 Å². The minimum atomic E-state index is -0.459. The minimum Gasteiger partial charge on any atom is -0.484 e. The van der Waals surface area contributed by atoms with E-state index >= 15 is 0 Å². The fraction of sp³-hybridized carbons (Fsp3) is 0.276. The van der Waals surface area contributed by atoms with Crippen LogP contribution >= 0.6 is 34.8 Å². The van der Waals surface area contributed by atoms with Gasteiger partial charge in [-0.3, -0.25) is 14.2 Å². The number of amides is 1. The molecule has 0 bridgehead atoms. The number of carbonyl (C=O) groups is 1. The predicted molar refractivity (Wildman–Crippen MR) is 154 cm³/mol. The first-order valence-electron chi connectivity index (χ1n) is 12.4. The van der Waals surface area contributed by atoms with Crippen molar-refractivity contribution < 1.29 is 9.53 Å². The average molecular weight is 573 g/mol. The lowest BCUT2D eigenvalue weighted by atomic mass is 10.1. The Balaban J connectivity index is 1.70. The standard InChI is InChI=1S/C29H28Cl3N3O3/c1-3-26(28-33-25-8-6-5-7-23(25)29(37)34(28)4-2)35(16-15-19-9-10-21(31)17-24(19)32)27(36)18-38-22-13-11-20(30)12-14-22/h5-14,17,26H,3-4,15-16,18H2,1-2H3. The molecular weight excluding hydrogens is 545 g/mol. The molecule has 1 heterocycles. The molecule has 0 aliphatic rings. The zero-order valence-corrected chi connectivity index (χ0v) is 23.4. The highest BCUT2D eigenvalue weighted by Crippen LogP contribution is 2.27. The lowest BCUT2D eigenvalue weighted by molar-refractivity contribution is -0.136. The van der Waals surface area contributed by atoms with Crippen LogP contribution in [-0.4, -0.2) is 33.5 Å². The van der Waals surface area contributed by atoms with Gasteiger partial charge in [0.15, 0.2) is 6.61 Å².